The van der Waals surface area contributed by atoms with Crippen LogP contribution in [-0.2, 0) is 6.16 Å². The van der Waals surface area contributed by atoms with Gasteiger partial charge in [0.25, 0.3) is 0 Å². The quantitative estimate of drug-likeness (QED) is 0.314. The number of halogens is 1. The summed E-state index contributed by atoms with van der Waals surface area (Å²) in [6.45, 7) is 2.55. The zero-order valence-corrected chi connectivity index (χ0v) is 20.0. The molecule has 4 aromatic rings. The summed E-state index contributed by atoms with van der Waals surface area (Å²) < 4.78 is 5.75. The predicted molar refractivity (Wildman–Crippen MR) is 137 cm³/mol. The summed E-state index contributed by atoms with van der Waals surface area (Å²) in [5, 5.41) is 11.3. The molecule has 4 rings (SSSR count). The second kappa shape index (κ2) is 8.86. The molecule has 0 fully saturated rings. The van der Waals surface area contributed by atoms with Crippen LogP contribution < -0.4 is 20.7 Å². The first-order chi connectivity index (χ1) is 15.1. The van der Waals surface area contributed by atoms with Gasteiger partial charge in [0.05, 0.1) is 0 Å². The Morgan fingerprint density at radius 3 is 1.58 bits per heavy atom. The summed E-state index contributed by atoms with van der Waals surface area (Å²) in [5.41, 5.74) is 0.858. The van der Waals surface area contributed by atoms with Crippen molar-refractivity contribution < 1.29 is 9.84 Å². The van der Waals surface area contributed by atoms with E-state index in [2.05, 4.69) is 88.3 Å². The fourth-order valence-corrected chi connectivity index (χ4v) is 11.9. The Balaban J connectivity index is 2.06. The fourth-order valence-electron chi connectivity index (χ4n) is 4.20. The van der Waals surface area contributed by atoms with Gasteiger partial charge in [-0.2, -0.15) is 0 Å². The first-order valence-corrected chi connectivity index (χ1v) is 14.8. The Morgan fingerprint density at radius 1 is 0.710 bits per heavy atom. The van der Waals surface area contributed by atoms with Gasteiger partial charge in [0.15, 0.2) is 0 Å². The first kappa shape index (κ1) is 21.6. The van der Waals surface area contributed by atoms with E-state index in [0.717, 1.165) is 11.3 Å². The summed E-state index contributed by atoms with van der Waals surface area (Å²) in [5.74, 6) is 1.04. The van der Waals surface area contributed by atoms with E-state index >= 15 is 0 Å². The van der Waals surface area contributed by atoms with E-state index in [-0.39, 0.29) is 5.75 Å². The van der Waals surface area contributed by atoms with Crippen LogP contribution in [0.2, 0.25) is 0 Å². The summed E-state index contributed by atoms with van der Waals surface area (Å²) >= 11 is 4.43. The van der Waals surface area contributed by atoms with Crippen molar-refractivity contribution in [3.8, 4) is 11.5 Å². The fraction of sp³-hybridized carbons (Fsp3) is 0.111. The van der Waals surface area contributed by atoms with Crippen molar-refractivity contribution >= 4 is 36.7 Å². The zero-order valence-electron chi connectivity index (χ0n) is 17.5. The third kappa shape index (κ3) is 3.89. The van der Waals surface area contributed by atoms with Crippen LogP contribution in [0.15, 0.2) is 109 Å². The summed E-state index contributed by atoms with van der Waals surface area (Å²) in [4.78, 5) is 0. The SMILES string of the molecule is CCOc1ccc(O)c(CP(Br)(c2ccccc2)(c2ccccc2)c2ccccc2)c1. The monoisotopic (exact) mass is 492 g/mol. The molecule has 0 spiro atoms. The molecule has 0 atom stereocenters. The number of aromatic hydroxyl groups is 1. The van der Waals surface area contributed by atoms with Crippen LogP contribution in [0.1, 0.15) is 12.5 Å². The number of rotatable bonds is 7. The maximum absolute atomic E-state index is 10.9. The van der Waals surface area contributed by atoms with Crippen LogP contribution in [0.3, 0.4) is 0 Å². The Morgan fingerprint density at radius 2 is 1.16 bits per heavy atom. The van der Waals surface area contributed by atoms with Crippen LogP contribution in [0.5, 0.6) is 11.5 Å². The molecule has 0 saturated heterocycles. The van der Waals surface area contributed by atoms with Gasteiger partial charge in [-0.25, -0.2) is 0 Å². The number of hydrogen-bond donors (Lipinski definition) is 1. The molecule has 0 aliphatic carbocycles. The molecule has 0 amide bonds. The van der Waals surface area contributed by atoms with E-state index in [1.807, 2.05) is 37.3 Å². The van der Waals surface area contributed by atoms with E-state index in [1.165, 1.54) is 15.9 Å². The second-order valence-electron chi connectivity index (χ2n) is 7.57. The van der Waals surface area contributed by atoms with E-state index in [0.29, 0.717) is 12.8 Å². The molecule has 0 radical (unpaired) electrons. The molecule has 4 aromatic carbocycles. The van der Waals surface area contributed by atoms with Gasteiger partial charge in [-0.3, -0.25) is 0 Å². The van der Waals surface area contributed by atoms with E-state index in [4.69, 9.17) is 4.74 Å². The maximum atomic E-state index is 10.9. The molecule has 2 nitrogen and oxygen atoms in total. The number of benzene rings is 4. The van der Waals surface area contributed by atoms with Crippen molar-refractivity contribution in [1.29, 1.82) is 0 Å². The standard InChI is InChI=1S/C27H26BrO2P/c1-2-30-23-18-19-27(29)22(20-23)21-31(28,24-12-6-3-7-13-24,25-14-8-4-9-15-25)26-16-10-5-11-17-26/h3-20,29H,2,21H2,1H3. The molecular weight excluding hydrogens is 467 g/mol. The predicted octanol–water partition coefficient (Wildman–Crippen LogP) is 6.13. The van der Waals surface area contributed by atoms with Crippen LogP contribution in [0.4, 0.5) is 0 Å². The second-order valence-corrected chi connectivity index (χ2v) is 16.5. The Labute approximate surface area is 192 Å². The third-order valence-corrected chi connectivity index (χ3v) is 15.2. The van der Waals surface area contributed by atoms with Crippen molar-refractivity contribution in [2.45, 2.75) is 13.1 Å². The Kier molecular flexibility index (Phi) is 6.18. The Bertz CT molecular complexity index is 1050. The van der Waals surface area contributed by atoms with Crippen LogP contribution in [0.25, 0.3) is 0 Å². The molecule has 0 aliphatic rings. The van der Waals surface area contributed by atoms with Crippen molar-refractivity contribution in [1.82, 2.24) is 0 Å². The van der Waals surface area contributed by atoms with Crippen LogP contribution in [0, 0.1) is 0 Å². The number of hydrogen-bond acceptors (Lipinski definition) is 2. The minimum absolute atomic E-state index is 0.277. The van der Waals surface area contributed by atoms with Crippen molar-refractivity contribution in [3.63, 3.8) is 0 Å². The zero-order chi connectivity index (χ0) is 21.8. The third-order valence-electron chi connectivity index (χ3n) is 5.71. The van der Waals surface area contributed by atoms with Gasteiger partial charge in [0.1, 0.15) is 0 Å². The van der Waals surface area contributed by atoms with Gasteiger partial charge in [0.2, 0.25) is 0 Å². The van der Waals surface area contributed by atoms with Crippen molar-refractivity contribution in [2.24, 2.45) is 0 Å². The van der Waals surface area contributed by atoms with Gasteiger partial charge in [-0.1, -0.05) is 0 Å². The van der Waals surface area contributed by atoms with Gasteiger partial charge in [-0.15, -0.1) is 0 Å². The minimum atomic E-state index is -3.16. The number of phenolic OH excluding ortho intramolecular Hbond substituents is 1. The summed E-state index contributed by atoms with van der Waals surface area (Å²) in [6.07, 6.45) is 0.621. The summed E-state index contributed by atoms with van der Waals surface area (Å²) in [6, 6.07) is 37.3. The molecule has 0 heterocycles. The van der Waals surface area contributed by atoms with Crippen molar-refractivity contribution in [2.75, 3.05) is 6.61 Å². The number of ether oxygens (including phenoxy) is 1. The van der Waals surface area contributed by atoms with Gasteiger partial charge in [-0.05, 0) is 0 Å². The molecule has 158 valence electrons. The summed E-state index contributed by atoms with van der Waals surface area (Å²) in [7, 11) is 0. The average Bonchev–Trinajstić information content (AvgIpc) is 2.83. The molecular formula is C27H26BrO2P. The van der Waals surface area contributed by atoms with Crippen LogP contribution >= 0.6 is 20.8 Å². The Hall–Kier alpha value is -2.61. The van der Waals surface area contributed by atoms with Crippen LogP contribution in [-0.4, -0.2) is 11.7 Å². The molecule has 1 N–H and O–H groups in total. The molecule has 0 unspecified atom stereocenters. The normalized spacial score (nSPS) is 12.6. The molecule has 0 aromatic heterocycles. The van der Waals surface area contributed by atoms with Gasteiger partial charge in [0, 0.05) is 0 Å². The molecule has 4 heteroatoms. The molecule has 0 saturated carbocycles. The van der Waals surface area contributed by atoms with Crippen molar-refractivity contribution in [3.05, 3.63) is 115 Å². The topological polar surface area (TPSA) is 29.5 Å². The van der Waals surface area contributed by atoms with E-state index in [1.54, 1.807) is 6.07 Å². The van der Waals surface area contributed by atoms with E-state index in [9.17, 15) is 5.11 Å². The molecule has 0 aliphatic heterocycles. The van der Waals surface area contributed by atoms with Gasteiger partial charge >= 0.3 is 193 Å². The number of phenols is 1. The molecule has 0 bridgehead atoms. The van der Waals surface area contributed by atoms with E-state index < -0.39 is 5.31 Å². The molecule has 31 heavy (non-hydrogen) atoms. The first-order valence-electron chi connectivity index (χ1n) is 10.4. The average molecular weight is 493 g/mol. The van der Waals surface area contributed by atoms with Gasteiger partial charge < -0.3 is 0 Å².